The summed E-state index contributed by atoms with van der Waals surface area (Å²) in [5.74, 6) is 0.837. The molecule has 1 saturated heterocycles. The van der Waals surface area contributed by atoms with Gasteiger partial charge in [-0.1, -0.05) is 48.5 Å². The van der Waals surface area contributed by atoms with Gasteiger partial charge in [-0.25, -0.2) is 0 Å². The van der Waals surface area contributed by atoms with Crippen LogP contribution < -0.4 is 4.74 Å². The fourth-order valence-electron chi connectivity index (χ4n) is 3.44. The quantitative estimate of drug-likeness (QED) is 0.682. The molecule has 2 aromatic rings. The summed E-state index contributed by atoms with van der Waals surface area (Å²) in [6.45, 7) is 9.22. The Kier molecular flexibility index (Phi) is 8.30. The molecule has 0 radical (unpaired) electrons. The summed E-state index contributed by atoms with van der Waals surface area (Å²) >= 11 is 0. The van der Waals surface area contributed by atoms with E-state index in [1.54, 1.807) is 0 Å². The highest BCUT2D eigenvalue weighted by molar-refractivity contribution is 5.31. The molecule has 0 amide bonds. The summed E-state index contributed by atoms with van der Waals surface area (Å²) < 4.78 is 11.3. The highest BCUT2D eigenvalue weighted by Crippen LogP contribution is 2.16. The lowest BCUT2D eigenvalue weighted by molar-refractivity contribution is 0.0255. The molecule has 1 heterocycles. The van der Waals surface area contributed by atoms with E-state index in [9.17, 15) is 5.11 Å². The van der Waals surface area contributed by atoms with Crippen molar-refractivity contribution in [3.63, 3.8) is 0 Å². The number of para-hydroxylation sites is 1. The molecule has 0 bridgehead atoms. The van der Waals surface area contributed by atoms with Crippen molar-refractivity contribution in [3.05, 3.63) is 65.7 Å². The minimum atomic E-state index is -0.534. The Balaban J connectivity index is 1.53. The van der Waals surface area contributed by atoms with Gasteiger partial charge in [-0.05, 0) is 24.1 Å². The first-order valence-corrected chi connectivity index (χ1v) is 10.1. The van der Waals surface area contributed by atoms with Gasteiger partial charge < -0.3 is 14.6 Å². The summed E-state index contributed by atoms with van der Waals surface area (Å²) in [5.41, 5.74) is 2.35. The third-order valence-corrected chi connectivity index (χ3v) is 5.08. The zero-order valence-corrected chi connectivity index (χ0v) is 16.8. The second-order valence-corrected chi connectivity index (χ2v) is 7.41. The second-order valence-electron chi connectivity index (χ2n) is 7.41. The number of hydrogen-bond acceptors (Lipinski definition) is 5. The van der Waals surface area contributed by atoms with Crippen molar-refractivity contribution < 1.29 is 14.6 Å². The molecule has 0 spiro atoms. The van der Waals surface area contributed by atoms with Crippen LogP contribution in [-0.4, -0.2) is 73.6 Å². The topological polar surface area (TPSA) is 45.2 Å². The van der Waals surface area contributed by atoms with Gasteiger partial charge in [-0.3, -0.25) is 9.80 Å². The zero-order chi connectivity index (χ0) is 19.6. The summed E-state index contributed by atoms with van der Waals surface area (Å²) in [6, 6.07) is 18.3. The van der Waals surface area contributed by atoms with E-state index in [0.717, 1.165) is 57.3 Å². The first kappa shape index (κ1) is 20.8. The van der Waals surface area contributed by atoms with Crippen molar-refractivity contribution in [1.29, 1.82) is 0 Å². The molecule has 0 unspecified atom stereocenters. The fourth-order valence-corrected chi connectivity index (χ4v) is 3.44. The molecule has 28 heavy (non-hydrogen) atoms. The minimum Gasteiger partial charge on any atom is -0.491 e. The largest absolute Gasteiger partial charge is 0.491 e. The molecule has 1 aliphatic rings. The number of rotatable bonds is 10. The lowest BCUT2D eigenvalue weighted by Crippen LogP contribution is -2.43. The number of aryl methyl sites for hydroxylation is 1. The van der Waals surface area contributed by atoms with Crippen LogP contribution in [0.2, 0.25) is 0 Å². The van der Waals surface area contributed by atoms with Crippen LogP contribution in [0.5, 0.6) is 5.75 Å². The predicted molar refractivity (Wildman–Crippen MR) is 112 cm³/mol. The summed E-state index contributed by atoms with van der Waals surface area (Å²) in [7, 11) is 0. The first-order valence-electron chi connectivity index (χ1n) is 10.1. The Morgan fingerprint density at radius 3 is 2.54 bits per heavy atom. The van der Waals surface area contributed by atoms with Gasteiger partial charge in [0.25, 0.3) is 0 Å². The van der Waals surface area contributed by atoms with Gasteiger partial charge >= 0.3 is 0 Å². The van der Waals surface area contributed by atoms with Gasteiger partial charge in [0.2, 0.25) is 0 Å². The van der Waals surface area contributed by atoms with Crippen LogP contribution in [0.4, 0.5) is 0 Å². The van der Waals surface area contributed by atoms with Crippen molar-refractivity contribution in [3.8, 4) is 5.75 Å². The smallest absolute Gasteiger partial charge is 0.122 e. The third-order valence-electron chi connectivity index (χ3n) is 5.08. The van der Waals surface area contributed by atoms with Crippen molar-refractivity contribution in [2.75, 3.05) is 52.5 Å². The number of aliphatic hydroxyl groups is 1. The number of morpholine rings is 1. The van der Waals surface area contributed by atoms with E-state index in [4.69, 9.17) is 9.47 Å². The lowest BCUT2D eigenvalue weighted by atomic mass is 10.2. The Labute approximate surface area is 168 Å². The van der Waals surface area contributed by atoms with Crippen LogP contribution in [0, 0.1) is 6.92 Å². The van der Waals surface area contributed by atoms with E-state index in [0.29, 0.717) is 13.2 Å². The molecule has 5 heteroatoms. The molecule has 1 aliphatic heterocycles. The molecule has 5 nitrogen and oxygen atoms in total. The Bertz CT molecular complexity index is 689. The van der Waals surface area contributed by atoms with E-state index >= 15 is 0 Å². The Morgan fingerprint density at radius 1 is 1.07 bits per heavy atom. The second kappa shape index (κ2) is 11.2. The first-order chi connectivity index (χ1) is 13.7. The van der Waals surface area contributed by atoms with Gasteiger partial charge in [-0.2, -0.15) is 0 Å². The maximum Gasteiger partial charge on any atom is 0.122 e. The molecule has 2 aromatic carbocycles. The van der Waals surface area contributed by atoms with Crippen molar-refractivity contribution in [2.45, 2.75) is 19.6 Å². The number of nitrogens with zero attached hydrogens (tertiary/aromatic N) is 2. The average Bonchev–Trinajstić information content (AvgIpc) is 2.73. The maximum atomic E-state index is 10.6. The monoisotopic (exact) mass is 384 g/mol. The molecule has 3 rings (SSSR count). The zero-order valence-electron chi connectivity index (χ0n) is 16.8. The molecule has 0 saturated carbocycles. The van der Waals surface area contributed by atoms with Crippen LogP contribution in [0.3, 0.4) is 0 Å². The highest BCUT2D eigenvalue weighted by atomic mass is 16.5. The van der Waals surface area contributed by atoms with Crippen LogP contribution >= 0.6 is 0 Å². The standard InChI is InChI=1S/C23H32N2O3/c1-20-7-5-6-10-23(20)28-19-22(26)18-25(17-21-8-3-2-4-9-21)12-11-24-13-15-27-16-14-24/h2-10,22,26H,11-19H2,1H3/t22-/m1/s1. The fraction of sp³-hybridized carbons (Fsp3) is 0.478. The molecule has 0 aliphatic carbocycles. The van der Waals surface area contributed by atoms with Crippen LogP contribution in [0.15, 0.2) is 54.6 Å². The van der Waals surface area contributed by atoms with E-state index in [2.05, 4.69) is 34.1 Å². The predicted octanol–water partition coefficient (Wildman–Crippen LogP) is 2.57. The SMILES string of the molecule is Cc1ccccc1OC[C@H](O)CN(CCN1CCOCC1)Cc1ccccc1. The number of hydrogen-bond donors (Lipinski definition) is 1. The summed E-state index contributed by atoms with van der Waals surface area (Å²) in [5, 5.41) is 10.6. The molecular weight excluding hydrogens is 352 g/mol. The Hall–Kier alpha value is -1.92. The molecule has 1 fully saturated rings. The minimum absolute atomic E-state index is 0.299. The van der Waals surface area contributed by atoms with Crippen LogP contribution in [0.25, 0.3) is 0 Å². The summed E-state index contributed by atoms with van der Waals surface area (Å²) in [4.78, 5) is 4.74. The van der Waals surface area contributed by atoms with Gasteiger partial charge in [0.05, 0.1) is 13.2 Å². The lowest BCUT2D eigenvalue weighted by Gasteiger charge is -2.31. The van der Waals surface area contributed by atoms with E-state index in [1.807, 2.05) is 37.3 Å². The van der Waals surface area contributed by atoms with Crippen molar-refractivity contribution >= 4 is 0 Å². The van der Waals surface area contributed by atoms with Crippen molar-refractivity contribution in [1.82, 2.24) is 9.80 Å². The van der Waals surface area contributed by atoms with Gasteiger partial charge in [0, 0.05) is 39.3 Å². The van der Waals surface area contributed by atoms with E-state index in [-0.39, 0.29) is 0 Å². The molecular formula is C23H32N2O3. The van der Waals surface area contributed by atoms with Gasteiger partial charge in [0.15, 0.2) is 0 Å². The molecule has 1 atom stereocenters. The van der Waals surface area contributed by atoms with E-state index < -0.39 is 6.10 Å². The van der Waals surface area contributed by atoms with E-state index in [1.165, 1.54) is 5.56 Å². The maximum absolute atomic E-state index is 10.6. The molecule has 0 aromatic heterocycles. The van der Waals surface area contributed by atoms with Gasteiger partial charge in [0.1, 0.15) is 18.5 Å². The number of ether oxygens (including phenoxy) is 2. The number of benzene rings is 2. The third kappa shape index (κ3) is 6.91. The van der Waals surface area contributed by atoms with Gasteiger partial charge in [-0.15, -0.1) is 0 Å². The average molecular weight is 385 g/mol. The Morgan fingerprint density at radius 2 is 1.79 bits per heavy atom. The summed E-state index contributed by atoms with van der Waals surface area (Å²) in [6.07, 6.45) is -0.534. The molecule has 152 valence electrons. The van der Waals surface area contributed by atoms with Crippen molar-refractivity contribution in [2.24, 2.45) is 0 Å². The molecule has 1 N–H and O–H groups in total. The normalized spacial score (nSPS) is 16.2. The van der Waals surface area contributed by atoms with Crippen LogP contribution in [0.1, 0.15) is 11.1 Å². The number of aliphatic hydroxyl groups excluding tert-OH is 1. The van der Waals surface area contributed by atoms with Crippen LogP contribution in [-0.2, 0) is 11.3 Å². The highest BCUT2D eigenvalue weighted by Gasteiger charge is 2.16.